The molecule has 1 aromatic carbocycles. The molecule has 0 aliphatic heterocycles. The van der Waals surface area contributed by atoms with Gasteiger partial charge in [0.2, 0.25) is 5.91 Å². The Morgan fingerprint density at radius 1 is 1.42 bits per heavy atom. The predicted octanol–water partition coefficient (Wildman–Crippen LogP) is 2.49. The fourth-order valence-electron chi connectivity index (χ4n) is 2.44. The van der Waals surface area contributed by atoms with Crippen LogP contribution >= 0.6 is 12.4 Å². The number of carbonyl (C=O) groups excluding carboxylic acids is 1. The van der Waals surface area contributed by atoms with Gasteiger partial charge in [0.15, 0.2) is 0 Å². The molecule has 1 amide bonds. The summed E-state index contributed by atoms with van der Waals surface area (Å²) in [4.78, 5) is 12.1. The summed E-state index contributed by atoms with van der Waals surface area (Å²) in [5.74, 6) is 0.780. The van der Waals surface area contributed by atoms with Gasteiger partial charge in [0, 0.05) is 11.7 Å². The maximum Gasteiger partial charge on any atom is 0.229 e. The van der Waals surface area contributed by atoms with Crippen LogP contribution in [0.15, 0.2) is 18.2 Å². The van der Waals surface area contributed by atoms with Gasteiger partial charge in [-0.2, -0.15) is 0 Å². The number of hydrogen-bond acceptors (Lipinski definition) is 3. The van der Waals surface area contributed by atoms with E-state index in [1.807, 2.05) is 25.1 Å². The molecule has 2 rings (SSSR count). The summed E-state index contributed by atoms with van der Waals surface area (Å²) in [7, 11) is 1.63. The Kier molecular flexibility index (Phi) is 5.63. The lowest BCUT2D eigenvalue weighted by molar-refractivity contribution is -0.120. The first-order valence-corrected chi connectivity index (χ1v) is 6.33. The number of rotatable bonds is 3. The minimum absolute atomic E-state index is 0. The third-order valence-corrected chi connectivity index (χ3v) is 3.60. The van der Waals surface area contributed by atoms with E-state index in [0.717, 1.165) is 36.3 Å². The Labute approximate surface area is 120 Å². The van der Waals surface area contributed by atoms with E-state index in [1.54, 1.807) is 7.11 Å². The second-order valence-electron chi connectivity index (χ2n) is 4.87. The first kappa shape index (κ1) is 15.8. The van der Waals surface area contributed by atoms with Crippen molar-refractivity contribution >= 4 is 24.0 Å². The molecule has 2 atom stereocenters. The summed E-state index contributed by atoms with van der Waals surface area (Å²) in [6.07, 6.45) is 2.88. The number of carbonyl (C=O) groups is 1. The highest BCUT2D eigenvalue weighted by Crippen LogP contribution is 2.27. The van der Waals surface area contributed by atoms with E-state index in [2.05, 4.69) is 5.32 Å². The van der Waals surface area contributed by atoms with E-state index in [4.69, 9.17) is 10.5 Å². The Morgan fingerprint density at radius 2 is 2.16 bits per heavy atom. The van der Waals surface area contributed by atoms with Gasteiger partial charge in [-0.3, -0.25) is 4.79 Å². The zero-order valence-corrected chi connectivity index (χ0v) is 12.1. The van der Waals surface area contributed by atoms with Crippen LogP contribution < -0.4 is 15.8 Å². The minimum Gasteiger partial charge on any atom is -0.497 e. The van der Waals surface area contributed by atoms with Crippen molar-refractivity contribution in [2.75, 3.05) is 12.4 Å². The van der Waals surface area contributed by atoms with Gasteiger partial charge < -0.3 is 15.8 Å². The van der Waals surface area contributed by atoms with Crippen LogP contribution in [0, 0.1) is 12.8 Å². The molecule has 19 heavy (non-hydrogen) atoms. The number of hydrogen-bond donors (Lipinski definition) is 2. The lowest BCUT2D eigenvalue weighted by Gasteiger charge is -2.16. The van der Waals surface area contributed by atoms with Gasteiger partial charge in [-0.05, 0) is 43.5 Å². The molecule has 0 aromatic heterocycles. The first-order chi connectivity index (χ1) is 8.61. The Hall–Kier alpha value is -1.26. The lowest BCUT2D eigenvalue weighted by atomic mass is 10.0. The van der Waals surface area contributed by atoms with Crippen LogP contribution in [0.1, 0.15) is 24.8 Å². The van der Waals surface area contributed by atoms with E-state index in [9.17, 15) is 4.79 Å². The molecule has 1 aromatic rings. The Balaban J connectivity index is 0.00000180. The molecule has 0 spiro atoms. The van der Waals surface area contributed by atoms with E-state index >= 15 is 0 Å². The molecule has 0 radical (unpaired) electrons. The van der Waals surface area contributed by atoms with Crippen molar-refractivity contribution in [1.29, 1.82) is 0 Å². The van der Waals surface area contributed by atoms with Crippen LogP contribution in [0.25, 0.3) is 0 Å². The molecule has 1 fully saturated rings. The van der Waals surface area contributed by atoms with Crippen LogP contribution in [0.5, 0.6) is 5.75 Å². The largest absolute Gasteiger partial charge is 0.497 e. The van der Waals surface area contributed by atoms with Crippen molar-refractivity contribution in [3.05, 3.63) is 23.8 Å². The summed E-state index contributed by atoms with van der Waals surface area (Å²) in [5.41, 5.74) is 7.76. The molecule has 5 heteroatoms. The fourth-order valence-corrected chi connectivity index (χ4v) is 2.44. The molecular weight excluding hydrogens is 264 g/mol. The number of ether oxygens (including phenoxy) is 1. The van der Waals surface area contributed by atoms with Crippen molar-refractivity contribution in [2.45, 2.75) is 32.2 Å². The zero-order chi connectivity index (χ0) is 13.1. The first-order valence-electron chi connectivity index (χ1n) is 6.33. The van der Waals surface area contributed by atoms with Crippen molar-refractivity contribution in [2.24, 2.45) is 11.7 Å². The normalized spacial score (nSPS) is 21.6. The minimum atomic E-state index is -0.0495. The topological polar surface area (TPSA) is 64.3 Å². The Morgan fingerprint density at radius 3 is 2.68 bits per heavy atom. The summed E-state index contributed by atoms with van der Waals surface area (Å²) < 4.78 is 5.14. The summed E-state index contributed by atoms with van der Waals surface area (Å²) in [6, 6.07) is 5.62. The number of anilines is 1. The highest BCUT2D eigenvalue weighted by Gasteiger charge is 2.30. The molecule has 0 saturated heterocycles. The van der Waals surface area contributed by atoms with E-state index < -0.39 is 0 Å². The lowest BCUT2D eigenvalue weighted by Crippen LogP contribution is -2.34. The quantitative estimate of drug-likeness (QED) is 0.896. The number of methoxy groups -OCH3 is 1. The summed E-state index contributed by atoms with van der Waals surface area (Å²) >= 11 is 0. The summed E-state index contributed by atoms with van der Waals surface area (Å²) in [6.45, 7) is 1.95. The molecule has 3 N–H and O–H groups in total. The van der Waals surface area contributed by atoms with Crippen LogP contribution in [0.2, 0.25) is 0 Å². The number of benzene rings is 1. The maximum atomic E-state index is 12.1. The van der Waals surface area contributed by atoms with E-state index in [0.29, 0.717) is 0 Å². The highest BCUT2D eigenvalue weighted by atomic mass is 35.5. The molecular formula is C14H21ClN2O2. The van der Waals surface area contributed by atoms with Crippen molar-refractivity contribution in [3.63, 3.8) is 0 Å². The molecule has 1 saturated carbocycles. The number of aryl methyl sites for hydroxylation is 1. The van der Waals surface area contributed by atoms with Gasteiger partial charge in [-0.25, -0.2) is 0 Å². The standard InChI is InChI=1S/C14H20N2O2.ClH/c1-9-8-10(18-2)6-7-13(9)16-14(17)11-4-3-5-12(11)15;/h6-8,11-12H,3-5,15H2,1-2H3,(H,16,17);1H. The average Bonchev–Trinajstić information content (AvgIpc) is 2.78. The van der Waals surface area contributed by atoms with Gasteiger partial charge in [-0.1, -0.05) is 6.42 Å². The molecule has 0 heterocycles. The molecule has 1 aliphatic rings. The molecule has 0 bridgehead atoms. The molecule has 106 valence electrons. The molecule has 1 aliphatic carbocycles. The van der Waals surface area contributed by atoms with Crippen molar-refractivity contribution in [3.8, 4) is 5.75 Å². The third-order valence-electron chi connectivity index (χ3n) is 3.60. The van der Waals surface area contributed by atoms with E-state index in [1.165, 1.54) is 0 Å². The van der Waals surface area contributed by atoms with Crippen molar-refractivity contribution in [1.82, 2.24) is 0 Å². The number of amides is 1. The van der Waals surface area contributed by atoms with Crippen molar-refractivity contribution < 1.29 is 9.53 Å². The SMILES string of the molecule is COc1ccc(NC(=O)C2CCCC2N)c(C)c1.Cl. The number of nitrogens with one attached hydrogen (secondary N) is 1. The van der Waals surface area contributed by atoms with E-state index in [-0.39, 0.29) is 30.3 Å². The molecule has 2 unspecified atom stereocenters. The monoisotopic (exact) mass is 284 g/mol. The fraction of sp³-hybridized carbons (Fsp3) is 0.500. The maximum absolute atomic E-state index is 12.1. The van der Waals surface area contributed by atoms with Gasteiger partial charge in [0.25, 0.3) is 0 Å². The number of halogens is 1. The van der Waals surface area contributed by atoms with Gasteiger partial charge in [-0.15, -0.1) is 12.4 Å². The third kappa shape index (κ3) is 3.61. The highest BCUT2D eigenvalue weighted by molar-refractivity contribution is 5.94. The average molecular weight is 285 g/mol. The van der Waals surface area contributed by atoms with Gasteiger partial charge in [0.05, 0.1) is 13.0 Å². The van der Waals surface area contributed by atoms with Gasteiger partial charge >= 0.3 is 0 Å². The van der Waals surface area contributed by atoms with Crippen LogP contribution in [-0.2, 0) is 4.79 Å². The second-order valence-corrected chi connectivity index (χ2v) is 4.87. The Bertz CT molecular complexity index is 451. The van der Waals surface area contributed by atoms with Crippen LogP contribution in [0.3, 0.4) is 0 Å². The number of nitrogens with two attached hydrogens (primary N) is 1. The summed E-state index contributed by atoms with van der Waals surface area (Å²) in [5, 5.41) is 2.96. The van der Waals surface area contributed by atoms with Crippen LogP contribution in [-0.4, -0.2) is 19.1 Å². The van der Waals surface area contributed by atoms with Gasteiger partial charge in [0.1, 0.15) is 5.75 Å². The van der Waals surface area contributed by atoms with Crippen LogP contribution in [0.4, 0.5) is 5.69 Å². The molecule has 4 nitrogen and oxygen atoms in total. The predicted molar refractivity (Wildman–Crippen MR) is 78.9 cm³/mol. The smallest absolute Gasteiger partial charge is 0.229 e. The zero-order valence-electron chi connectivity index (χ0n) is 11.3. The second kappa shape index (κ2) is 6.78.